The Bertz CT molecular complexity index is 473. The first kappa shape index (κ1) is 14.3. The molecule has 0 heterocycles. The van der Waals surface area contributed by atoms with E-state index in [1.165, 1.54) is 0 Å². The molecular formula is C14H19BrN2O2. The molecule has 1 aromatic carbocycles. The summed E-state index contributed by atoms with van der Waals surface area (Å²) in [5, 5.41) is 15.4. The molecule has 0 bridgehead atoms. The molecule has 0 aromatic heterocycles. The fourth-order valence-corrected chi connectivity index (χ4v) is 2.58. The van der Waals surface area contributed by atoms with Gasteiger partial charge in [-0.15, -0.1) is 0 Å². The summed E-state index contributed by atoms with van der Waals surface area (Å²) in [5.74, 6) is 0. The van der Waals surface area contributed by atoms with Crippen LogP contribution in [0.15, 0.2) is 22.7 Å². The number of benzene rings is 1. The third kappa shape index (κ3) is 3.94. The molecule has 1 saturated carbocycles. The van der Waals surface area contributed by atoms with E-state index >= 15 is 0 Å². The third-order valence-electron chi connectivity index (χ3n) is 3.61. The van der Waals surface area contributed by atoms with Gasteiger partial charge >= 0.3 is 6.03 Å². The molecule has 2 rings (SSSR count). The number of urea groups is 1. The lowest BCUT2D eigenvalue weighted by Crippen LogP contribution is -2.50. The number of aryl methyl sites for hydroxylation is 1. The zero-order valence-electron chi connectivity index (χ0n) is 11.0. The molecule has 0 unspecified atom stereocenters. The van der Waals surface area contributed by atoms with Crippen LogP contribution in [-0.4, -0.2) is 23.3 Å². The first-order valence-electron chi connectivity index (χ1n) is 6.48. The average molecular weight is 327 g/mol. The second-order valence-corrected chi connectivity index (χ2v) is 6.10. The Kier molecular flexibility index (Phi) is 4.47. The monoisotopic (exact) mass is 326 g/mol. The number of halogens is 1. The maximum Gasteiger partial charge on any atom is 0.315 e. The molecule has 19 heavy (non-hydrogen) atoms. The third-order valence-corrected chi connectivity index (χ3v) is 4.10. The van der Waals surface area contributed by atoms with Gasteiger partial charge in [0, 0.05) is 17.6 Å². The van der Waals surface area contributed by atoms with Crippen LogP contribution in [-0.2, 0) is 6.54 Å². The molecule has 0 atom stereocenters. The van der Waals surface area contributed by atoms with Gasteiger partial charge in [0.05, 0.1) is 5.60 Å². The van der Waals surface area contributed by atoms with Gasteiger partial charge in [0.2, 0.25) is 0 Å². The van der Waals surface area contributed by atoms with Crippen molar-refractivity contribution in [1.29, 1.82) is 0 Å². The highest BCUT2D eigenvalue weighted by atomic mass is 79.9. The Hall–Kier alpha value is -1.07. The number of rotatable bonds is 4. The van der Waals surface area contributed by atoms with Crippen molar-refractivity contribution >= 4 is 22.0 Å². The van der Waals surface area contributed by atoms with Crippen molar-refractivity contribution < 1.29 is 9.90 Å². The van der Waals surface area contributed by atoms with Crippen molar-refractivity contribution in [1.82, 2.24) is 10.6 Å². The molecule has 2 amide bonds. The molecule has 0 spiro atoms. The summed E-state index contributed by atoms with van der Waals surface area (Å²) in [4.78, 5) is 11.6. The van der Waals surface area contributed by atoms with E-state index in [-0.39, 0.29) is 6.03 Å². The topological polar surface area (TPSA) is 61.4 Å². The Labute approximate surface area is 121 Å². The summed E-state index contributed by atoms with van der Waals surface area (Å²) in [7, 11) is 0. The van der Waals surface area contributed by atoms with Gasteiger partial charge < -0.3 is 15.7 Å². The quantitative estimate of drug-likeness (QED) is 0.796. The molecule has 1 aliphatic carbocycles. The van der Waals surface area contributed by atoms with E-state index in [1.54, 1.807) is 0 Å². The van der Waals surface area contributed by atoms with Crippen LogP contribution >= 0.6 is 15.9 Å². The van der Waals surface area contributed by atoms with Crippen LogP contribution in [0.3, 0.4) is 0 Å². The fraction of sp³-hybridized carbons (Fsp3) is 0.500. The standard InChI is InChI=1S/C14H19BrN2O2/c1-10-7-12(15)4-3-11(10)8-16-13(18)17-9-14(19)5-2-6-14/h3-4,7,19H,2,5-6,8-9H2,1H3,(H2,16,17,18). The molecule has 0 aliphatic heterocycles. The van der Waals surface area contributed by atoms with E-state index < -0.39 is 5.60 Å². The highest BCUT2D eigenvalue weighted by Gasteiger charge is 2.34. The number of carbonyl (C=O) groups is 1. The Morgan fingerprint density at radius 2 is 2.16 bits per heavy atom. The highest BCUT2D eigenvalue weighted by Crippen LogP contribution is 2.30. The van der Waals surface area contributed by atoms with Gasteiger partial charge in [-0.3, -0.25) is 0 Å². The fourth-order valence-electron chi connectivity index (χ4n) is 2.10. The molecule has 3 N–H and O–H groups in total. The predicted molar refractivity (Wildman–Crippen MR) is 77.9 cm³/mol. The van der Waals surface area contributed by atoms with Gasteiger partial charge in [0.1, 0.15) is 0 Å². The Morgan fingerprint density at radius 1 is 1.42 bits per heavy atom. The van der Waals surface area contributed by atoms with Crippen molar-refractivity contribution in [3.63, 3.8) is 0 Å². The Morgan fingerprint density at radius 3 is 2.74 bits per heavy atom. The van der Waals surface area contributed by atoms with Crippen molar-refractivity contribution in [2.75, 3.05) is 6.54 Å². The molecule has 1 aromatic rings. The van der Waals surface area contributed by atoms with Gasteiger partial charge in [0.25, 0.3) is 0 Å². The van der Waals surface area contributed by atoms with Crippen molar-refractivity contribution in [3.05, 3.63) is 33.8 Å². The van der Waals surface area contributed by atoms with Crippen molar-refractivity contribution in [2.24, 2.45) is 0 Å². The van der Waals surface area contributed by atoms with E-state index in [1.807, 2.05) is 25.1 Å². The van der Waals surface area contributed by atoms with Crippen molar-refractivity contribution in [2.45, 2.75) is 38.3 Å². The number of nitrogens with one attached hydrogen (secondary N) is 2. The number of amides is 2. The summed E-state index contributed by atoms with van der Waals surface area (Å²) >= 11 is 3.41. The van der Waals surface area contributed by atoms with Gasteiger partial charge in [-0.05, 0) is 49.4 Å². The highest BCUT2D eigenvalue weighted by molar-refractivity contribution is 9.10. The van der Waals surface area contributed by atoms with Crippen LogP contribution in [0.4, 0.5) is 4.79 Å². The van der Waals surface area contributed by atoms with E-state index in [4.69, 9.17) is 0 Å². The average Bonchev–Trinajstić information content (AvgIpc) is 2.33. The molecule has 1 fully saturated rings. The van der Waals surface area contributed by atoms with Crippen LogP contribution in [0, 0.1) is 6.92 Å². The number of hydrogen-bond acceptors (Lipinski definition) is 2. The molecule has 104 valence electrons. The lowest BCUT2D eigenvalue weighted by atomic mass is 9.80. The second-order valence-electron chi connectivity index (χ2n) is 5.18. The minimum absolute atomic E-state index is 0.234. The first-order chi connectivity index (χ1) is 8.98. The Balaban J connectivity index is 1.76. The lowest BCUT2D eigenvalue weighted by Gasteiger charge is -2.36. The van der Waals surface area contributed by atoms with E-state index in [9.17, 15) is 9.90 Å². The SMILES string of the molecule is Cc1cc(Br)ccc1CNC(=O)NCC1(O)CCC1. The first-order valence-corrected chi connectivity index (χ1v) is 7.27. The molecule has 4 nitrogen and oxygen atoms in total. The van der Waals surface area contributed by atoms with Crippen LogP contribution in [0.1, 0.15) is 30.4 Å². The molecular weight excluding hydrogens is 308 g/mol. The largest absolute Gasteiger partial charge is 0.388 e. The van der Waals surface area contributed by atoms with Gasteiger partial charge in [-0.25, -0.2) is 4.79 Å². The summed E-state index contributed by atoms with van der Waals surface area (Å²) in [6.07, 6.45) is 2.59. The molecule has 5 heteroatoms. The number of hydrogen-bond donors (Lipinski definition) is 3. The van der Waals surface area contributed by atoms with E-state index in [2.05, 4.69) is 26.6 Å². The summed E-state index contributed by atoms with van der Waals surface area (Å²) in [5.41, 5.74) is 1.54. The van der Waals surface area contributed by atoms with Gasteiger partial charge in [-0.1, -0.05) is 22.0 Å². The summed E-state index contributed by atoms with van der Waals surface area (Å²) in [6, 6.07) is 5.73. The predicted octanol–water partition coefficient (Wildman–Crippen LogP) is 2.47. The zero-order valence-corrected chi connectivity index (χ0v) is 12.6. The molecule has 1 aliphatic rings. The maximum absolute atomic E-state index is 11.6. The number of carbonyl (C=O) groups excluding carboxylic acids is 1. The summed E-state index contributed by atoms with van der Waals surface area (Å²) < 4.78 is 1.03. The minimum atomic E-state index is -0.676. The number of aliphatic hydroxyl groups is 1. The normalized spacial score (nSPS) is 16.6. The van der Waals surface area contributed by atoms with Crippen molar-refractivity contribution in [3.8, 4) is 0 Å². The zero-order chi connectivity index (χ0) is 13.9. The van der Waals surface area contributed by atoms with Gasteiger partial charge in [0.15, 0.2) is 0 Å². The summed E-state index contributed by atoms with van der Waals surface area (Å²) in [6.45, 7) is 2.83. The second kappa shape index (κ2) is 5.92. The molecule has 0 radical (unpaired) electrons. The van der Waals surface area contributed by atoms with Crippen LogP contribution in [0.2, 0.25) is 0 Å². The maximum atomic E-state index is 11.6. The van der Waals surface area contributed by atoms with Crippen LogP contribution < -0.4 is 10.6 Å². The van der Waals surface area contributed by atoms with Gasteiger partial charge in [-0.2, -0.15) is 0 Å². The van der Waals surface area contributed by atoms with Crippen LogP contribution in [0.5, 0.6) is 0 Å². The van der Waals surface area contributed by atoms with E-state index in [0.717, 1.165) is 34.9 Å². The van der Waals surface area contributed by atoms with E-state index in [0.29, 0.717) is 13.1 Å². The van der Waals surface area contributed by atoms with Crippen LogP contribution in [0.25, 0.3) is 0 Å². The lowest BCUT2D eigenvalue weighted by molar-refractivity contribution is -0.0290. The molecule has 0 saturated heterocycles. The smallest absolute Gasteiger partial charge is 0.315 e. The minimum Gasteiger partial charge on any atom is -0.388 e.